The maximum absolute atomic E-state index is 12.1. The highest BCUT2D eigenvalue weighted by atomic mass is 16.2. The van der Waals surface area contributed by atoms with Gasteiger partial charge >= 0.3 is 0 Å². The molecule has 0 N–H and O–H groups in total. The fraction of sp³-hybridized carbons (Fsp3) is 0.667. The Morgan fingerprint density at radius 1 is 0.875 bits per heavy atom. The first kappa shape index (κ1) is 20.7. The predicted octanol–water partition coefficient (Wildman–Crippen LogP) is 4.75. The average Bonchev–Trinajstić information content (AvgIpc) is 2.60. The number of hydrogen-bond acceptors (Lipinski definition) is 2. The minimum absolute atomic E-state index is 0.160. The quantitative estimate of drug-likeness (QED) is 0.702. The van der Waals surface area contributed by atoms with E-state index in [0.717, 1.165) is 31.7 Å². The average molecular weight is 333 g/mol. The van der Waals surface area contributed by atoms with Crippen LogP contribution in [0.5, 0.6) is 0 Å². The predicted molar refractivity (Wildman–Crippen MR) is 104 cm³/mol. The van der Waals surface area contributed by atoms with Gasteiger partial charge in [-0.05, 0) is 26.1 Å². The lowest BCUT2D eigenvalue weighted by Crippen LogP contribution is -2.47. The number of likely N-dealkylation sites (N-methyl/N-ethyl adjacent to an activating group) is 1. The van der Waals surface area contributed by atoms with Crippen LogP contribution >= 0.6 is 0 Å². The van der Waals surface area contributed by atoms with Gasteiger partial charge in [-0.25, -0.2) is 0 Å². The van der Waals surface area contributed by atoms with Crippen molar-refractivity contribution in [2.75, 3.05) is 33.2 Å². The summed E-state index contributed by atoms with van der Waals surface area (Å²) >= 11 is 0. The third-order valence-corrected chi connectivity index (χ3v) is 4.55. The maximum atomic E-state index is 12.1. The number of benzene rings is 1. The van der Waals surface area contributed by atoms with Gasteiger partial charge in [0.15, 0.2) is 0 Å². The zero-order valence-corrected chi connectivity index (χ0v) is 16.2. The molecule has 2 rings (SSSR count). The van der Waals surface area contributed by atoms with E-state index in [1.807, 2.05) is 36.1 Å². The summed E-state index contributed by atoms with van der Waals surface area (Å²) < 4.78 is 0. The molecule has 24 heavy (non-hydrogen) atoms. The number of aryl methyl sites for hydroxylation is 1. The minimum Gasteiger partial charge on any atom is -0.336 e. The largest absolute Gasteiger partial charge is 0.336 e. The van der Waals surface area contributed by atoms with Crippen LogP contribution in [0.3, 0.4) is 0 Å². The van der Waals surface area contributed by atoms with Crippen molar-refractivity contribution in [1.82, 2.24) is 9.80 Å². The van der Waals surface area contributed by atoms with Gasteiger partial charge in [0.1, 0.15) is 0 Å². The van der Waals surface area contributed by atoms with E-state index in [-0.39, 0.29) is 5.91 Å². The van der Waals surface area contributed by atoms with Gasteiger partial charge < -0.3 is 9.80 Å². The Balaban J connectivity index is 0.000000307. The second-order valence-corrected chi connectivity index (χ2v) is 6.88. The first-order valence-electron chi connectivity index (χ1n) is 9.63. The number of amides is 1. The highest BCUT2D eigenvalue weighted by Gasteiger charge is 2.19. The zero-order valence-electron chi connectivity index (χ0n) is 16.2. The van der Waals surface area contributed by atoms with Crippen molar-refractivity contribution < 1.29 is 4.79 Å². The van der Waals surface area contributed by atoms with Gasteiger partial charge in [-0.2, -0.15) is 0 Å². The molecule has 1 aliphatic rings. The molecule has 3 nitrogen and oxygen atoms in total. The van der Waals surface area contributed by atoms with Crippen LogP contribution in [0.15, 0.2) is 24.3 Å². The van der Waals surface area contributed by atoms with Gasteiger partial charge in [-0.1, -0.05) is 70.1 Å². The second kappa shape index (κ2) is 12.1. The third-order valence-electron chi connectivity index (χ3n) is 4.55. The first-order chi connectivity index (χ1) is 11.6. The monoisotopic (exact) mass is 332 g/mol. The molecule has 1 heterocycles. The van der Waals surface area contributed by atoms with Gasteiger partial charge in [0.05, 0.1) is 0 Å². The normalized spacial score (nSPS) is 14.9. The van der Waals surface area contributed by atoms with Crippen molar-refractivity contribution in [3.8, 4) is 0 Å². The molecule has 0 aliphatic carbocycles. The molecular weight excluding hydrogens is 296 g/mol. The fourth-order valence-corrected chi connectivity index (χ4v) is 2.74. The van der Waals surface area contributed by atoms with Gasteiger partial charge in [0.2, 0.25) is 0 Å². The zero-order chi connectivity index (χ0) is 17.8. The Morgan fingerprint density at radius 3 is 1.83 bits per heavy atom. The van der Waals surface area contributed by atoms with E-state index in [1.54, 1.807) is 0 Å². The lowest BCUT2D eigenvalue weighted by atomic mass is 10.1. The molecule has 1 aliphatic heterocycles. The van der Waals surface area contributed by atoms with Crippen molar-refractivity contribution in [3.63, 3.8) is 0 Å². The van der Waals surface area contributed by atoms with Crippen LogP contribution < -0.4 is 0 Å². The summed E-state index contributed by atoms with van der Waals surface area (Å²) in [4.78, 5) is 16.3. The maximum Gasteiger partial charge on any atom is 0.253 e. The topological polar surface area (TPSA) is 23.6 Å². The van der Waals surface area contributed by atoms with Crippen LogP contribution in [0.1, 0.15) is 68.3 Å². The third kappa shape index (κ3) is 7.96. The van der Waals surface area contributed by atoms with Crippen LogP contribution in [0.25, 0.3) is 0 Å². The lowest BCUT2D eigenvalue weighted by Gasteiger charge is -2.32. The summed E-state index contributed by atoms with van der Waals surface area (Å²) in [5.41, 5.74) is 1.99. The summed E-state index contributed by atoms with van der Waals surface area (Å²) in [6.07, 6.45) is 8.49. The molecule has 0 atom stereocenters. The van der Waals surface area contributed by atoms with Crippen LogP contribution in [-0.4, -0.2) is 48.9 Å². The molecule has 0 saturated carbocycles. The number of piperazine rings is 1. The molecule has 1 aromatic carbocycles. The van der Waals surface area contributed by atoms with E-state index >= 15 is 0 Å². The molecule has 1 amide bonds. The molecule has 0 aromatic heterocycles. The molecule has 3 heteroatoms. The highest BCUT2D eigenvalue weighted by molar-refractivity contribution is 5.94. The molecule has 1 fully saturated rings. The molecular formula is C21H36N2O. The molecule has 0 bridgehead atoms. The molecule has 136 valence electrons. The molecule has 0 spiro atoms. The number of carbonyl (C=O) groups excluding carboxylic acids is 1. The van der Waals surface area contributed by atoms with Crippen molar-refractivity contribution in [3.05, 3.63) is 35.4 Å². The highest BCUT2D eigenvalue weighted by Crippen LogP contribution is 2.09. The summed E-state index contributed by atoms with van der Waals surface area (Å²) in [5.74, 6) is 0.160. The number of rotatable bonds is 6. The summed E-state index contributed by atoms with van der Waals surface area (Å²) in [6, 6.07) is 7.80. The Hall–Kier alpha value is -1.35. The number of unbranched alkanes of at least 4 members (excludes halogenated alkanes) is 5. The van der Waals surface area contributed by atoms with Gasteiger partial charge in [0.25, 0.3) is 5.91 Å². The standard InChI is InChI=1S/C13H18N2O.C8H18/c1-11-3-5-12(6-4-11)13(16)15-9-7-14(2)8-10-15;1-3-5-7-8-6-4-2/h3-6H,7-10H2,1-2H3;3-8H2,1-2H3. The number of nitrogens with zero attached hydrogens (tertiary/aromatic N) is 2. The van der Waals surface area contributed by atoms with Crippen molar-refractivity contribution >= 4 is 5.91 Å². The van der Waals surface area contributed by atoms with E-state index in [4.69, 9.17) is 0 Å². The van der Waals surface area contributed by atoms with E-state index in [2.05, 4.69) is 25.8 Å². The Bertz CT molecular complexity index is 441. The van der Waals surface area contributed by atoms with Crippen molar-refractivity contribution in [2.45, 2.75) is 59.3 Å². The van der Waals surface area contributed by atoms with Crippen LogP contribution in [0.4, 0.5) is 0 Å². The SMILES string of the molecule is CCCCCCCC.Cc1ccc(C(=O)N2CCN(C)CC2)cc1. The van der Waals surface area contributed by atoms with Gasteiger partial charge in [-0.15, -0.1) is 0 Å². The Labute approximate surface area is 149 Å². The van der Waals surface area contributed by atoms with Crippen molar-refractivity contribution in [2.24, 2.45) is 0 Å². The molecule has 0 radical (unpaired) electrons. The van der Waals surface area contributed by atoms with E-state index in [1.165, 1.54) is 44.1 Å². The fourth-order valence-electron chi connectivity index (χ4n) is 2.74. The second-order valence-electron chi connectivity index (χ2n) is 6.88. The number of hydrogen-bond donors (Lipinski definition) is 0. The lowest BCUT2D eigenvalue weighted by molar-refractivity contribution is 0.0664. The molecule has 1 aromatic rings. The smallest absolute Gasteiger partial charge is 0.253 e. The first-order valence-corrected chi connectivity index (χ1v) is 9.63. The number of carbonyl (C=O) groups is 1. The van der Waals surface area contributed by atoms with Gasteiger partial charge in [0, 0.05) is 31.7 Å². The summed E-state index contributed by atoms with van der Waals surface area (Å²) in [7, 11) is 2.09. The summed E-state index contributed by atoms with van der Waals surface area (Å²) in [6.45, 7) is 10.2. The van der Waals surface area contributed by atoms with Crippen LogP contribution in [-0.2, 0) is 0 Å². The van der Waals surface area contributed by atoms with Crippen LogP contribution in [0.2, 0.25) is 0 Å². The summed E-state index contributed by atoms with van der Waals surface area (Å²) in [5, 5.41) is 0. The minimum atomic E-state index is 0.160. The molecule has 1 saturated heterocycles. The van der Waals surface area contributed by atoms with E-state index in [0.29, 0.717) is 0 Å². The van der Waals surface area contributed by atoms with Crippen LogP contribution in [0, 0.1) is 6.92 Å². The van der Waals surface area contributed by atoms with E-state index in [9.17, 15) is 4.79 Å². The Kier molecular flexibility index (Phi) is 10.4. The van der Waals surface area contributed by atoms with E-state index < -0.39 is 0 Å². The molecule has 0 unspecified atom stereocenters. The Morgan fingerprint density at radius 2 is 1.38 bits per heavy atom. The van der Waals surface area contributed by atoms with Gasteiger partial charge in [-0.3, -0.25) is 4.79 Å². The van der Waals surface area contributed by atoms with Crippen molar-refractivity contribution in [1.29, 1.82) is 0 Å².